The van der Waals surface area contributed by atoms with E-state index in [9.17, 15) is 9.90 Å². The molecule has 0 aliphatic heterocycles. The number of aromatic nitrogens is 4. The van der Waals surface area contributed by atoms with E-state index in [1.807, 2.05) is 84.9 Å². The normalized spacial score (nSPS) is 13.6. The Hall–Kier alpha value is -7.46. The fourth-order valence-corrected chi connectivity index (χ4v) is 9.18. The number of hydrogen-bond acceptors (Lipinski definition) is 8. The van der Waals surface area contributed by atoms with E-state index in [2.05, 4.69) is 27.8 Å². The number of carbonyl (C=O) groups is 1. The van der Waals surface area contributed by atoms with Gasteiger partial charge in [-0.25, -0.2) is 14.8 Å². The van der Waals surface area contributed by atoms with Gasteiger partial charge in [0.05, 0.1) is 53.8 Å². The zero-order chi connectivity index (χ0) is 40.5. The van der Waals surface area contributed by atoms with Gasteiger partial charge < -0.3 is 28.0 Å². The largest absolute Gasteiger partial charge is 0.497 e. The number of imidazole rings is 1. The molecule has 1 N–H and O–H groups in total. The molecule has 60 heavy (non-hydrogen) atoms. The van der Waals surface area contributed by atoms with Crippen LogP contribution in [0.25, 0.3) is 99.7 Å². The van der Waals surface area contributed by atoms with E-state index < -0.39 is 5.97 Å². The quantitative estimate of drug-likeness (QED) is 0.160. The lowest BCUT2D eigenvalue weighted by molar-refractivity contribution is 0.0698. The lowest BCUT2D eigenvalue weighted by Crippen LogP contribution is -2.14. The third kappa shape index (κ3) is 5.78. The van der Waals surface area contributed by atoms with Crippen molar-refractivity contribution in [3.05, 3.63) is 127 Å². The molecule has 1 fully saturated rings. The standard InChI is InChI=1S/C50H38N4O6/c1-57-33-13-18-44-35(23-33)38(26-59-44)37-25-43-48(46(47(37)50(55)56)30-11-15-40-28(21-30)7-6-20-51-40)53-49(54(43)32-8-4-3-5-9-32)31-12-16-41-29(22-31)10-17-42(52-41)39-27-60-45-19-14-34(58-2)24-36(39)45/h6-7,10-27,32H,3-5,8-9H2,1-2H3,(H,55,56). The molecule has 0 saturated heterocycles. The molecule has 0 unspecified atom stereocenters. The second kappa shape index (κ2) is 14.1. The summed E-state index contributed by atoms with van der Waals surface area (Å²) >= 11 is 0. The first kappa shape index (κ1) is 35.7. The van der Waals surface area contributed by atoms with Crippen molar-refractivity contribution < 1.29 is 28.2 Å². The number of carboxylic acids is 1. The molecular formula is C50H38N4O6. The maximum atomic E-state index is 13.8. The van der Waals surface area contributed by atoms with Gasteiger partial charge in [-0.2, -0.15) is 0 Å². The number of methoxy groups -OCH3 is 2. The van der Waals surface area contributed by atoms with Crippen molar-refractivity contribution in [2.24, 2.45) is 0 Å². The predicted octanol–water partition coefficient (Wildman–Crippen LogP) is 12.5. The van der Waals surface area contributed by atoms with Crippen LogP contribution in [0.2, 0.25) is 0 Å². The van der Waals surface area contributed by atoms with Gasteiger partial charge in [0.1, 0.15) is 34.8 Å². The number of rotatable bonds is 8. The first-order valence-corrected chi connectivity index (χ1v) is 20.2. The summed E-state index contributed by atoms with van der Waals surface area (Å²) in [5, 5.41) is 14.8. The number of aromatic carboxylic acids is 1. The summed E-state index contributed by atoms with van der Waals surface area (Å²) in [6.07, 6.45) is 10.5. The molecule has 10 heteroatoms. The fraction of sp³-hybridized carbons (Fsp3) is 0.160. The highest BCUT2D eigenvalue weighted by atomic mass is 16.5. The smallest absolute Gasteiger partial charge is 0.337 e. The Morgan fingerprint density at radius 1 is 0.700 bits per heavy atom. The minimum Gasteiger partial charge on any atom is -0.497 e. The Bertz CT molecular complexity index is 3330. The summed E-state index contributed by atoms with van der Waals surface area (Å²) in [6, 6.07) is 33.7. The van der Waals surface area contributed by atoms with Gasteiger partial charge in [0.15, 0.2) is 0 Å². The Balaban J connectivity index is 1.17. The van der Waals surface area contributed by atoms with Crippen molar-refractivity contribution in [3.8, 4) is 56.4 Å². The van der Waals surface area contributed by atoms with E-state index in [1.165, 1.54) is 6.42 Å². The summed E-state index contributed by atoms with van der Waals surface area (Å²) in [4.78, 5) is 28.9. The number of pyridine rings is 2. The molecule has 1 aliphatic carbocycles. The summed E-state index contributed by atoms with van der Waals surface area (Å²) < 4.78 is 25.4. The number of hydrogen-bond donors (Lipinski definition) is 1. The molecule has 10 nitrogen and oxygen atoms in total. The Labute approximate surface area is 343 Å². The number of ether oxygens (including phenoxy) is 2. The lowest BCUT2D eigenvalue weighted by Gasteiger charge is -2.26. The Morgan fingerprint density at radius 2 is 1.38 bits per heavy atom. The molecule has 1 aliphatic rings. The van der Waals surface area contributed by atoms with E-state index in [-0.39, 0.29) is 11.6 Å². The van der Waals surface area contributed by atoms with E-state index in [0.29, 0.717) is 33.5 Å². The third-order valence-corrected chi connectivity index (χ3v) is 12.1. The number of nitrogens with zero attached hydrogens (tertiary/aromatic N) is 4. The van der Waals surface area contributed by atoms with E-state index in [4.69, 9.17) is 28.3 Å². The monoisotopic (exact) mass is 790 g/mol. The fourth-order valence-electron chi connectivity index (χ4n) is 9.18. The summed E-state index contributed by atoms with van der Waals surface area (Å²) in [7, 11) is 3.27. The van der Waals surface area contributed by atoms with Crippen LogP contribution in [-0.2, 0) is 0 Å². The zero-order valence-corrected chi connectivity index (χ0v) is 32.9. The summed E-state index contributed by atoms with van der Waals surface area (Å²) in [6.45, 7) is 0. The molecule has 10 aromatic rings. The molecule has 0 radical (unpaired) electrons. The lowest BCUT2D eigenvalue weighted by atomic mass is 9.89. The van der Waals surface area contributed by atoms with Crippen LogP contribution in [0.15, 0.2) is 131 Å². The molecule has 294 valence electrons. The SMILES string of the molecule is COc1ccc2occ(-c3ccc4cc(-c5nc6c(-c7ccc8ncccc8c7)c(C(=O)O)c(-c7coc8ccc(OC)cc78)cc6n5C5CCCCC5)ccc4n3)c2c1. The van der Waals surface area contributed by atoms with Gasteiger partial charge in [0.2, 0.25) is 0 Å². The highest BCUT2D eigenvalue weighted by molar-refractivity contribution is 6.15. The van der Waals surface area contributed by atoms with Gasteiger partial charge in [0.25, 0.3) is 0 Å². The maximum absolute atomic E-state index is 13.8. The van der Waals surface area contributed by atoms with Crippen LogP contribution in [0.3, 0.4) is 0 Å². The summed E-state index contributed by atoms with van der Waals surface area (Å²) in [5.41, 5.74) is 9.80. The minimum absolute atomic E-state index is 0.149. The number of furan rings is 2. The van der Waals surface area contributed by atoms with E-state index in [1.54, 1.807) is 32.9 Å². The highest BCUT2D eigenvalue weighted by Gasteiger charge is 2.30. The van der Waals surface area contributed by atoms with Gasteiger partial charge >= 0.3 is 5.97 Å². The molecule has 0 bridgehead atoms. The Morgan fingerprint density at radius 3 is 2.13 bits per heavy atom. The van der Waals surface area contributed by atoms with Crippen molar-refractivity contribution in [1.82, 2.24) is 19.5 Å². The van der Waals surface area contributed by atoms with Crippen LogP contribution < -0.4 is 9.47 Å². The first-order valence-electron chi connectivity index (χ1n) is 20.2. The molecule has 11 rings (SSSR count). The topological polar surface area (TPSA) is 126 Å². The van der Waals surface area contributed by atoms with E-state index in [0.717, 1.165) is 103 Å². The highest BCUT2D eigenvalue weighted by Crippen LogP contribution is 2.46. The zero-order valence-electron chi connectivity index (χ0n) is 32.9. The predicted molar refractivity (Wildman–Crippen MR) is 234 cm³/mol. The van der Waals surface area contributed by atoms with Crippen LogP contribution in [0, 0.1) is 0 Å². The number of fused-ring (bicyclic) bond motifs is 5. The summed E-state index contributed by atoms with van der Waals surface area (Å²) in [5.74, 6) is 1.12. The molecule has 5 aromatic heterocycles. The van der Waals surface area contributed by atoms with Crippen LogP contribution in [0.1, 0.15) is 48.5 Å². The maximum Gasteiger partial charge on any atom is 0.337 e. The Kier molecular flexibility index (Phi) is 8.40. The van der Waals surface area contributed by atoms with Crippen molar-refractivity contribution in [3.63, 3.8) is 0 Å². The van der Waals surface area contributed by atoms with Gasteiger partial charge in [-0.15, -0.1) is 0 Å². The second-order valence-corrected chi connectivity index (χ2v) is 15.5. The first-order chi connectivity index (χ1) is 29.4. The van der Waals surface area contributed by atoms with Crippen molar-refractivity contribution in [2.45, 2.75) is 38.1 Å². The average molecular weight is 791 g/mol. The van der Waals surface area contributed by atoms with Crippen molar-refractivity contribution >= 4 is 60.7 Å². The third-order valence-electron chi connectivity index (χ3n) is 12.1. The second-order valence-electron chi connectivity index (χ2n) is 15.5. The van der Waals surface area contributed by atoms with Gasteiger partial charge in [-0.1, -0.05) is 37.5 Å². The minimum atomic E-state index is -1.06. The van der Waals surface area contributed by atoms with Crippen LogP contribution in [-0.4, -0.2) is 44.8 Å². The molecule has 0 spiro atoms. The molecule has 1 saturated carbocycles. The molecule has 5 aromatic carbocycles. The number of carboxylic acid groups (broad SMARTS) is 1. The van der Waals surface area contributed by atoms with Crippen LogP contribution in [0.5, 0.6) is 11.5 Å². The van der Waals surface area contributed by atoms with E-state index >= 15 is 0 Å². The molecule has 0 amide bonds. The van der Waals surface area contributed by atoms with Crippen LogP contribution in [0.4, 0.5) is 0 Å². The number of benzene rings is 5. The van der Waals surface area contributed by atoms with Crippen LogP contribution >= 0.6 is 0 Å². The molecule has 5 heterocycles. The molecular weight excluding hydrogens is 753 g/mol. The molecule has 0 atom stereocenters. The average Bonchev–Trinajstić information content (AvgIpc) is 4.03. The van der Waals surface area contributed by atoms with Gasteiger partial charge in [-0.05, 0) is 103 Å². The van der Waals surface area contributed by atoms with Gasteiger partial charge in [0, 0.05) is 61.6 Å². The van der Waals surface area contributed by atoms with Crippen molar-refractivity contribution in [1.29, 1.82) is 0 Å². The van der Waals surface area contributed by atoms with Gasteiger partial charge in [-0.3, -0.25) is 4.98 Å². The van der Waals surface area contributed by atoms with Crippen molar-refractivity contribution in [2.75, 3.05) is 14.2 Å².